The average Bonchev–Trinajstić information content (AvgIpc) is 2.90. The lowest BCUT2D eigenvalue weighted by Gasteiger charge is -2.37. The quantitative estimate of drug-likeness (QED) is 0.888. The number of nitrogens with one attached hydrogen (secondary N) is 1. The fourth-order valence-corrected chi connectivity index (χ4v) is 3.30. The maximum Gasteiger partial charge on any atom is 0.241 e. The van der Waals surface area contributed by atoms with Crippen LogP contribution in [0.4, 0.5) is 5.69 Å². The van der Waals surface area contributed by atoms with E-state index in [-0.39, 0.29) is 11.4 Å². The van der Waals surface area contributed by atoms with E-state index in [1.165, 1.54) is 17.7 Å². The van der Waals surface area contributed by atoms with Gasteiger partial charge in [-0.25, -0.2) is 0 Å². The predicted molar refractivity (Wildman–Crippen MR) is 80.9 cm³/mol. The molecular formula is C16H23N3O. The van der Waals surface area contributed by atoms with Crippen molar-refractivity contribution in [2.75, 3.05) is 38.1 Å². The number of rotatable bonds is 2. The number of carbonyl (C=O) groups is 1. The van der Waals surface area contributed by atoms with Crippen LogP contribution in [-0.2, 0) is 10.3 Å². The smallest absolute Gasteiger partial charge is 0.241 e. The van der Waals surface area contributed by atoms with Crippen LogP contribution in [0.3, 0.4) is 0 Å². The van der Waals surface area contributed by atoms with E-state index in [2.05, 4.69) is 41.4 Å². The number of piperazine rings is 1. The molecule has 0 aromatic heterocycles. The summed E-state index contributed by atoms with van der Waals surface area (Å²) < 4.78 is 0. The molecule has 2 aliphatic rings. The van der Waals surface area contributed by atoms with Gasteiger partial charge in [-0.05, 0) is 37.9 Å². The van der Waals surface area contributed by atoms with Crippen LogP contribution >= 0.6 is 0 Å². The van der Waals surface area contributed by atoms with Crippen molar-refractivity contribution in [2.24, 2.45) is 0 Å². The summed E-state index contributed by atoms with van der Waals surface area (Å²) in [5.41, 5.74) is 2.59. The summed E-state index contributed by atoms with van der Waals surface area (Å²) in [7, 11) is 1.88. The van der Waals surface area contributed by atoms with Crippen molar-refractivity contribution in [2.45, 2.75) is 25.3 Å². The van der Waals surface area contributed by atoms with Gasteiger partial charge in [-0.1, -0.05) is 18.2 Å². The Morgan fingerprint density at radius 3 is 2.75 bits per heavy atom. The zero-order chi connectivity index (χ0) is 14.2. The van der Waals surface area contributed by atoms with Crippen molar-refractivity contribution in [3.63, 3.8) is 0 Å². The monoisotopic (exact) mass is 273 g/mol. The van der Waals surface area contributed by atoms with Gasteiger partial charge in [-0.3, -0.25) is 4.79 Å². The van der Waals surface area contributed by atoms with Gasteiger partial charge in [0.25, 0.3) is 0 Å². The number of nitrogens with zero attached hydrogens (tertiary/aromatic N) is 2. The first-order chi connectivity index (χ1) is 9.60. The molecule has 2 saturated heterocycles. The van der Waals surface area contributed by atoms with Gasteiger partial charge in [0.1, 0.15) is 0 Å². The lowest BCUT2D eigenvalue weighted by molar-refractivity contribution is -0.129. The van der Waals surface area contributed by atoms with E-state index in [0.717, 1.165) is 26.1 Å². The largest absolute Gasteiger partial charge is 0.360 e. The average molecular weight is 273 g/mol. The number of carbonyl (C=O) groups excluding carboxylic acids is 1. The van der Waals surface area contributed by atoms with E-state index in [1.807, 2.05) is 11.9 Å². The number of hydrogen-bond donors (Lipinski definition) is 1. The maximum atomic E-state index is 12.0. The highest BCUT2D eigenvalue weighted by Crippen LogP contribution is 2.36. The minimum Gasteiger partial charge on any atom is -0.360 e. The third-order valence-corrected chi connectivity index (χ3v) is 4.67. The van der Waals surface area contributed by atoms with Crippen LogP contribution in [0.1, 0.15) is 25.3 Å². The molecule has 1 unspecified atom stereocenters. The zero-order valence-electron chi connectivity index (χ0n) is 12.4. The number of para-hydroxylation sites is 1. The number of hydrogen-bond acceptors (Lipinski definition) is 3. The van der Waals surface area contributed by atoms with Crippen LogP contribution < -0.4 is 10.2 Å². The second kappa shape index (κ2) is 5.09. The van der Waals surface area contributed by atoms with Crippen LogP contribution in [0.15, 0.2) is 24.3 Å². The summed E-state index contributed by atoms with van der Waals surface area (Å²) in [6.07, 6.45) is 2.37. The highest BCUT2D eigenvalue weighted by molar-refractivity contribution is 5.83. The van der Waals surface area contributed by atoms with E-state index in [9.17, 15) is 4.79 Å². The van der Waals surface area contributed by atoms with Gasteiger partial charge in [-0.2, -0.15) is 0 Å². The molecule has 3 rings (SSSR count). The lowest BCUT2D eigenvalue weighted by atomic mass is 9.88. The van der Waals surface area contributed by atoms with E-state index < -0.39 is 0 Å². The van der Waals surface area contributed by atoms with E-state index in [1.54, 1.807) is 0 Å². The standard InChI is InChI=1S/C16H23N3O/c1-16(8-5-9-17-16)13-6-3-4-7-14(13)19-11-10-18(2)15(20)12-19/h3-4,6-7,17H,5,8-12H2,1-2H3. The first-order valence-electron chi connectivity index (χ1n) is 7.44. The zero-order valence-corrected chi connectivity index (χ0v) is 12.4. The number of amides is 1. The number of likely N-dealkylation sites (N-methyl/N-ethyl adjacent to an activating group) is 1. The summed E-state index contributed by atoms with van der Waals surface area (Å²) in [5, 5.41) is 3.63. The Morgan fingerprint density at radius 2 is 2.05 bits per heavy atom. The Morgan fingerprint density at radius 1 is 1.25 bits per heavy atom. The molecule has 0 spiro atoms. The summed E-state index contributed by atoms with van der Waals surface area (Å²) in [6, 6.07) is 8.53. The molecule has 1 N–H and O–H groups in total. The predicted octanol–water partition coefficient (Wildman–Crippen LogP) is 1.56. The van der Waals surface area contributed by atoms with Crippen LogP contribution in [0, 0.1) is 0 Å². The summed E-state index contributed by atoms with van der Waals surface area (Å²) in [4.78, 5) is 16.0. The fraction of sp³-hybridized carbons (Fsp3) is 0.562. The van der Waals surface area contributed by atoms with Gasteiger partial charge >= 0.3 is 0 Å². The summed E-state index contributed by atoms with van der Waals surface area (Å²) in [5.74, 6) is 0.204. The topological polar surface area (TPSA) is 35.6 Å². The molecule has 4 heteroatoms. The highest BCUT2D eigenvalue weighted by atomic mass is 16.2. The van der Waals surface area contributed by atoms with Crippen molar-refractivity contribution in [1.29, 1.82) is 0 Å². The van der Waals surface area contributed by atoms with E-state index in [0.29, 0.717) is 6.54 Å². The molecule has 1 atom stereocenters. The van der Waals surface area contributed by atoms with Crippen LogP contribution in [0.25, 0.3) is 0 Å². The minimum atomic E-state index is 0.0446. The molecule has 2 aliphatic heterocycles. The van der Waals surface area contributed by atoms with Gasteiger partial charge in [0.05, 0.1) is 6.54 Å². The molecule has 108 valence electrons. The second-order valence-electron chi connectivity index (χ2n) is 6.12. The molecule has 4 nitrogen and oxygen atoms in total. The normalized spacial score (nSPS) is 27.2. The van der Waals surface area contributed by atoms with E-state index in [4.69, 9.17) is 0 Å². The molecule has 1 amide bonds. The molecule has 2 heterocycles. The molecule has 1 aromatic carbocycles. The molecule has 0 saturated carbocycles. The maximum absolute atomic E-state index is 12.0. The van der Waals surface area contributed by atoms with Crippen LogP contribution in [-0.4, -0.2) is 44.0 Å². The molecule has 0 aliphatic carbocycles. The molecule has 0 bridgehead atoms. The fourth-order valence-electron chi connectivity index (χ4n) is 3.30. The summed E-state index contributed by atoms with van der Waals surface area (Å²) in [6.45, 7) is 5.56. The van der Waals surface area contributed by atoms with Gasteiger partial charge in [-0.15, -0.1) is 0 Å². The Kier molecular flexibility index (Phi) is 3.42. The van der Waals surface area contributed by atoms with Crippen molar-refractivity contribution in [3.8, 4) is 0 Å². The Bertz CT molecular complexity index is 508. The Labute approximate surface area is 120 Å². The number of benzene rings is 1. The van der Waals surface area contributed by atoms with Crippen molar-refractivity contribution >= 4 is 11.6 Å². The first-order valence-corrected chi connectivity index (χ1v) is 7.44. The van der Waals surface area contributed by atoms with Gasteiger partial charge in [0.15, 0.2) is 0 Å². The molecule has 1 aromatic rings. The first kappa shape index (κ1) is 13.4. The summed E-state index contributed by atoms with van der Waals surface area (Å²) >= 11 is 0. The van der Waals surface area contributed by atoms with Gasteiger partial charge in [0.2, 0.25) is 5.91 Å². The number of anilines is 1. The molecule has 0 radical (unpaired) electrons. The van der Waals surface area contributed by atoms with Crippen molar-refractivity contribution < 1.29 is 4.79 Å². The minimum absolute atomic E-state index is 0.0446. The van der Waals surface area contributed by atoms with Crippen molar-refractivity contribution in [3.05, 3.63) is 29.8 Å². The Balaban J connectivity index is 1.92. The van der Waals surface area contributed by atoms with Crippen LogP contribution in [0.2, 0.25) is 0 Å². The third kappa shape index (κ3) is 2.29. The van der Waals surface area contributed by atoms with Gasteiger partial charge in [0, 0.05) is 31.4 Å². The SMILES string of the molecule is CN1CCN(c2ccccc2C2(C)CCCN2)CC1=O. The molecular weight excluding hydrogens is 250 g/mol. The lowest BCUT2D eigenvalue weighted by Crippen LogP contribution is -2.49. The highest BCUT2D eigenvalue weighted by Gasteiger charge is 2.34. The second-order valence-corrected chi connectivity index (χ2v) is 6.12. The van der Waals surface area contributed by atoms with Crippen molar-refractivity contribution in [1.82, 2.24) is 10.2 Å². The molecule has 20 heavy (non-hydrogen) atoms. The van der Waals surface area contributed by atoms with E-state index >= 15 is 0 Å². The Hall–Kier alpha value is -1.55. The third-order valence-electron chi connectivity index (χ3n) is 4.67. The van der Waals surface area contributed by atoms with Gasteiger partial charge < -0.3 is 15.1 Å². The van der Waals surface area contributed by atoms with Crippen LogP contribution in [0.5, 0.6) is 0 Å². The molecule has 2 fully saturated rings.